The third-order valence-electron chi connectivity index (χ3n) is 3.92. The molecule has 2 N–H and O–H groups in total. The lowest BCUT2D eigenvalue weighted by atomic mass is 10.1. The van der Waals surface area contributed by atoms with Crippen LogP contribution in [0, 0.1) is 18.3 Å². The molecule has 0 spiro atoms. The van der Waals surface area contributed by atoms with Crippen molar-refractivity contribution in [2.75, 3.05) is 20.7 Å². The molecule has 0 aromatic heterocycles. The Bertz CT molecular complexity index is 778. The van der Waals surface area contributed by atoms with Crippen molar-refractivity contribution in [2.45, 2.75) is 19.9 Å². The Balaban J connectivity index is 1.83. The van der Waals surface area contributed by atoms with Crippen LogP contribution in [-0.2, 0) is 13.0 Å². The second kappa shape index (κ2) is 9.33. The van der Waals surface area contributed by atoms with Gasteiger partial charge in [-0.3, -0.25) is 4.99 Å². The van der Waals surface area contributed by atoms with Crippen molar-refractivity contribution in [3.8, 4) is 11.8 Å². The van der Waals surface area contributed by atoms with Crippen LogP contribution >= 0.6 is 0 Å². The Hall–Kier alpha value is -3.00. The van der Waals surface area contributed by atoms with Crippen molar-refractivity contribution in [3.05, 3.63) is 64.7 Å². The van der Waals surface area contributed by atoms with Crippen molar-refractivity contribution < 1.29 is 4.74 Å². The summed E-state index contributed by atoms with van der Waals surface area (Å²) in [5.74, 6) is 1.65. The number of hydrogen-bond acceptors (Lipinski definition) is 3. The maximum absolute atomic E-state index is 8.95. The number of guanidine groups is 1. The van der Waals surface area contributed by atoms with E-state index in [2.05, 4.69) is 39.9 Å². The second-order valence-corrected chi connectivity index (χ2v) is 5.72. The van der Waals surface area contributed by atoms with Crippen molar-refractivity contribution >= 4 is 5.96 Å². The number of hydrogen-bond donors (Lipinski definition) is 2. The van der Waals surface area contributed by atoms with Crippen LogP contribution in [0.4, 0.5) is 0 Å². The summed E-state index contributed by atoms with van der Waals surface area (Å²) < 4.78 is 5.36. The van der Waals surface area contributed by atoms with Gasteiger partial charge < -0.3 is 15.4 Å². The summed E-state index contributed by atoms with van der Waals surface area (Å²) in [6, 6.07) is 16.0. The first-order valence-corrected chi connectivity index (χ1v) is 8.23. The van der Waals surface area contributed by atoms with E-state index in [4.69, 9.17) is 10.00 Å². The van der Waals surface area contributed by atoms with Crippen LogP contribution in [0.5, 0.6) is 5.75 Å². The summed E-state index contributed by atoms with van der Waals surface area (Å²) in [7, 11) is 3.44. The van der Waals surface area contributed by atoms with Gasteiger partial charge in [-0.2, -0.15) is 5.26 Å². The lowest BCUT2D eigenvalue weighted by Gasteiger charge is -2.13. The Morgan fingerprint density at radius 1 is 1.16 bits per heavy atom. The van der Waals surface area contributed by atoms with E-state index in [1.54, 1.807) is 20.2 Å². The fraction of sp³-hybridized carbons (Fsp3) is 0.300. The highest BCUT2D eigenvalue weighted by Gasteiger charge is 2.02. The highest BCUT2D eigenvalue weighted by molar-refractivity contribution is 5.79. The van der Waals surface area contributed by atoms with Gasteiger partial charge in [-0.05, 0) is 48.2 Å². The Morgan fingerprint density at radius 2 is 2.00 bits per heavy atom. The van der Waals surface area contributed by atoms with Gasteiger partial charge in [0.1, 0.15) is 5.75 Å². The molecule has 0 saturated carbocycles. The second-order valence-electron chi connectivity index (χ2n) is 5.72. The molecule has 5 nitrogen and oxygen atoms in total. The number of aliphatic imine (C=N–C) groups is 1. The van der Waals surface area contributed by atoms with Crippen LogP contribution < -0.4 is 15.4 Å². The summed E-state index contributed by atoms with van der Waals surface area (Å²) in [5.41, 5.74) is 4.06. The standard InChI is InChI=1S/C20H24N4O/c1-15-7-8-16(12-19(15)25-3)9-10-23-20(22-2)24-14-18-6-4-5-17(11-18)13-21/h4-8,11-12H,9-10,14H2,1-3H3,(H2,22,23,24). The SMILES string of the molecule is CN=C(NCCc1ccc(C)c(OC)c1)NCc1cccc(C#N)c1. The average Bonchev–Trinajstić information content (AvgIpc) is 2.65. The van der Waals surface area contributed by atoms with Gasteiger partial charge in [-0.15, -0.1) is 0 Å². The average molecular weight is 336 g/mol. The molecule has 25 heavy (non-hydrogen) atoms. The quantitative estimate of drug-likeness (QED) is 0.629. The summed E-state index contributed by atoms with van der Waals surface area (Å²) >= 11 is 0. The van der Waals surface area contributed by atoms with E-state index in [0.717, 1.165) is 35.8 Å². The lowest BCUT2D eigenvalue weighted by molar-refractivity contribution is 0.411. The molecule has 0 aliphatic heterocycles. The molecule has 0 heterocycles. The molecule has 0 fully saturated rings. The van der Waals surface area contributed by atoms with Gasteiger partial charge in [0, 0.05) is 20.1 Å². The highest BCUT2D eigenvalue weighted by Crippen LogP contribution is 2.18. The number of nitriles is 1. The monoisotopic (exact) mass is 336 g/mol. The third kappa shape index (κ3) is 5.54. The van der Waals surface area contributed by atoms with Crippen molar-refractivity contribution in [2.24, 2.45) is 4.99 Å². The number of rotatable bonds is 6. The van der Waals surface area contributed by atoms with Gasteiger partial charge in [-0.25, -0.2) is 0 Å². The van der Waals surface area contributed by atoms with Crippen LogP contribution in [0.15, 0.2) is 47.5 Å². The van der Waals surface area contributed by atoms with Gasteiger partial charge in [0.2, 0.25) is 0 Å². The molecule has 0 amide bonds. The van der Waals surface area contributed by atoms with E-state index in [1.807, 2.05) is 25.1 Å². The minimum Gasteiger partial charge on any atom is -0.496 e. The zero-order valence-corrected chi connectivity index (χ0v) is 15.0. The lowest BCUT2D eigenvalue weighted by Crippen LogP contribution is -2.37. The molecule has 5 heteroatoms. The molecule has 0 aliphatic carbocycles. The first-order valence-electron chi connectivity index (χ1n) is 8.23. The van der Waals surface area contributed by atoms with Crippen LogP contribution in [-0.4, -0.2) is 26.7 Å². The van der Waals surface area contributed by atoms with Crippen molar-refractivity contribution in [3.63, 3.8) is 0 Å². The number of ether oxygens (including phenoxy) is 1. The van der Waals surface area contributed by atoms with E-state index in [1.165, 1.54) is 5.56 Å². The first-order chi connectivity index (χ1) is 12.2. The molecule has 2 aromatic carbocycles. The summed E-state index contributed by atoms with van der Waals surface area (Å²) in [5, 5.41) is 15.5. The third-order valence-corrected chi connectivity index (χ3v) is 3.92. The smallest absolute Gasteiger partial charge is 0.191 e. The van der Waals surface area contributed by atoms with E-state index in [-0.39, 0.29) is 0 Å². The zero-order chi connectivity index (χ0) is 18.1. The largest absolute Gasteiger partial charge is 0.496 e. The number of nitrogens with zero attached hydrogens (tertiary/aromatic N) is 2. The minimum atomic E-state index is 0.619. The fourth-order valence-electron chi connectivity index (χ4n) is 2.50. The topological polar surface area (TPSA) is 69.4 Å². The molecule has 2 rings (SSSR count). The van der Waals surface area contributed by atoms with E-state index >= 15 is 0 Å². The van der Waals surface area contributed by atoms with Crippen LogP contribution in [0.25, 0.3) is 0 Å². The zero-order valence-electron chi connectivity index (χ0n) is 15.0. The fourth-order valence-corrected chi connectivity index (χ4v) is 2.50. The number of methoxy groups -OCH3 is 1. The summed E-state index contributed by atoms with van der Waals surface area (Å²) in [6.07, 6.45) is 0.876. The molecule has 0 radical (unpaired) electrons. The molecule has 0 bridgehead atoms. The van der Waals surface area contributed by atoms with Crippen molar-refractivity contribution in [1.82, 2.24) is 10.6 Å². The van der Waals surface area contributed by atoms with Gasteiger partial charge in [0.15, 0.2) is 5.96 Å². The van der Waals surface area contributed by atoms with Crippen LogP contribution in [0.3, 0.4) is 0 Å². The summed E-state index contributed by atoms with van der Waals surface area (Å²) in [4.78, 5) is 4.23. The van der Waals surface area contributed by atoms with E-state index in [0.29, 0.717) is 12.1 Å². The van der Waals surface area contributed by atoms with Gasteiger partial charge in [0.25, 0.3) is 0 Å². The van der Waals surface area contributed by atoms with Gasteiger partial charge in [-0.1, -0.05) is 24.3 Å². The molecule has 2 aromatic rings. The predicted octanol–water partition coefficient (Wildman–Crippen LogP) is 2.78. The van der Waals surface area contributed by atoms with E-state index < -0.39 is 0 Å². The van der Waals surface area contributed by atoms with Gasteiger partial charge >= 0.3 is 0 Å². The van der Waals surface area contributed by atoms with Gasteiger partial charge in [0.05, 0.1) is 18.7 Å². The maximum atomic E-state index is 8.95. The Labute approximate surface area is 149 Å². The van der Waals surface area contributed by atoms with Crippen LogP contribution in [0.1, 0.15) is 22.3 Å². The molecule has 130 valence electrons. The molecule has 0 unspecified atom stereocenters. The Morgan fingerprint density at radius 3 is 2.72 bits per heavy atom. The summed E-state index contributed by atoms with van der Waals surface area (Å²) in [6.45, 7) is 3.42. The minimum absolute atomic E-state index is 0.619. The Kier molecular flexibility index (Phi) is 6.85. The number of aryl methyl sites for hydroxylation is 1. The molecular weight excluding hydrogens is 312 g/mol. The molecular formula is C20H24N4O. The molecule has 0 aliphatic rings. The highest BCUT2D eigenvalue weighted by atomic mass is 16.5. The van der Waals surface area contributed by atoms with Crippen molar-refractivity contribution in [1.29, 1.82) is 5.26 Å². The normalized spacial score (nSPS) is 10.9. The first kappa shape index (κ1) is 18.3. The number of benzene rings is 2. The number of nitrogens with one attached hydrogen (secondary N) is 2. The molecule has 0 atom stereocenters. The van der Waals surface area contributed by atoms with Crippen LogP contribution in [0.2, 0.25) is 0 Å². The molecule has 0 saturated heterocycles. The maximum Gasteiger partial charge on any atom is 0.191 e. The predicted molar refractivity (Wildman–Crippen MR) is 101 cm³/mol. The van der Waals surface area contributed by atoms with E-state index in [9.17, 15) is 0 Å².